The van der Waals surface area contributed by atoms with Gasteiger partial charge in [-0.25, -0.2) is 8.42 Å². The Morgan fingerprint density at radius 2 is 1.92 bits per heavy atom. The maximum absolute atomic E-state index is 11.7. The summed E-state index contributed by atoms with van der Waals surface area (Å²) in [5.74, 6) is 0. The van der Waals surface area contributed by atoms with Gasteiger partial charge in [0.25, 0.3) is 5.69 Å². The summed E-state index contributed by atoms with van der Waals surface area (Å²) in [6.07, 6.45) is 3.97. The molecule has 2 aromatic rings. The number of nitro groups is 1. The molecule has 1 atom stereocenters. The Bertz CT molecular complexity index is 924. The maximum atomic E-state index is 11.7. The van der Waals surface area contributed by atoms with E-state index in [-0.39, 0.29) is 16.6 Å². The number of fused-ring (bicyclic) bond motifs is 1. The molecule has 0 saturated heterocycles. The van der Waals surface area contributed by atoms with E-state index >= 15 is 0 Å². The average molecular weight is 360 g/mol. The molecule has 0 spiro atoms. The fourth-order valence-electron chi connectivity index (χ4n) is 3.48. The summed E-state index contributed by atoms with van der Waals surface area (Å²) in [7, 11) is -1.67. The first-order valence-corrected chi connectivity index (χ1v) is 9.97. The smallest absolute Gasteiger partial charge is 0.293 e. The van der Waals surface area contributed by atoms with Crippen molar-refractivity contribution in [3.8, 4) is 0 Å². The second kappa shape index (κ2) is 6.48. The van der Waals surface area contributed by atoms with Crippen LogP contribution in [-0.4, -0.2) is 26.6 Å². The van der Waals surface area contributed by atoms with Crippen LogP contribution in [0, 0.1) is 10.1 Å². The molecule has 6 nitrogen and oxygen atoms in total. The van der Waals surface area contributed by atoms with Gasteiger partial charge in [0, 0.05) is 19.4 Å². The van der Waals surface area contributed by atoms with Crippen LogP contribution < -0.4 is 4.90 Å². The van der Waals surface area contributed by atoms with Crippen LogP contribution in [-0.2, 0) is 16.3 Å². The van der Waals surface area contributed by atoms with E-state index in [9.17, 15) is 18.5 Å². The minimum atomic E-state index is -3.50. The van der Waals surface area contributed by atoms with Gasteiger partial charge in [0.15, 0.2) is 9.84 Å². The SMILES string of the molecule is CN(c1ccc(S(C)(=O)=O)cc1[N+](=O)[O-])[C@H]1CCCc2ccccc21. The van der Waals surface area contributed by atoms with Gasteiger partial charge in [-0.3, -0.25) is 10.1 Å². The summed E-state index contributed by atoms with van der Waals surface area (Å²) in [4.78, 5) is 12.8. The van der Waals surface area contributed by atoms with Crippen LogP contribution in [0.1, 0.15) is 30.0 Å². The zero-order chi connectivity index (χ0) is 18.2. The van der Waals surface area contributed by atoms with Crippen molar-refractivity contribution in [3.05, 3.63) is 63.7 Å². The third-order valence-electron chi connectivity index (χ3n) is 4.76. The molecule has 0 aromatic heterocycles. The van der Waals surface area contributed by atoms with Gasteiger partial charge in [-0.2, -0.15) is 0 Å². The predicted octanol–water partition coefficient (Wildman–Crippen LogP) is 3.51. The summed E-state index contributed by atoms with van der Waals surface area (Å²) >= 11 is 0. The van der Waals surface area contributed by atoms with E-state index < -0.39 is 14.8 Å². The van der Waals surface area contributed by atoms with Crippen LogP contribution in [0.3, 0.4) is 0 Å². The van der Waals surface area contributed by atoms with Crippen LogP contribution in [0.5, 0.6) is 0 Å². The zero-order valence-electron chi connectivity index (χ0n) is 14.2. The topological polar surface area (TPSA) is 80.5 Å². The third-order valence-corrected chi connectivity index (χ3v) is 5.87. The second-order valence-corrected chi connectivity index (χ2v) is 8.41. The van der Waals surface area contributed by atoms with Gasteiger partial charge >= 0.3 is 0 Å². The molecule has 0 fully saturated rings. The van der Waals surface area contributed by atoms with Crippen molar-refractivity contribution in [2.75, 3.05) is 18.2 Å². The summed E-state index contributed by atoms with van der Waals surface area (Å²) in [5.41, 5.74) is 2.69. The van der Waals surface area contributed by atoms with Crippen LogP contribution in [0.2, 0.25) is 0 Å². The lowest BCUT2D eigenvalue weighted by atomic mass is 9.87. The summed E-state index contributed by atoms with van der Waals surface area (Å²) in [6.45, 7) is 0. The average Bonchev–Trinajstić information content (AvgIpc) is 2.59. The molecule has 0 saturated carbocycles. The molecule has 1 aliphatic rings. The van der Waals surface area contributed by atoms with E-state index in [1.807, 2.05) is 24.1 Å². The zero-order valence-corrected chi connectivity index (χ0v) is 15.0. The third kappa shape index (κ3) is 3.37. The second-order valence-electron chi connectivity index (χ2n) is 6.40. The van der Waals surface area contributed by atoms with Crippen molar-refractivity contribution in [1.82, 2.24) is 0 Å². The molecule has 0 N–H and O–H groups in total. The highest BCUT2D eigenvalue weighted by atomic mass is 32.2. The lowest BCUT2D eigenvalue weighted by Crippen LogP contribution is -2.28. The Balaban J connectivity index is 2.06. The monoisotopic (exact) mass is 360 g/mol. The van der Waals surface area contributed by atoms with Crippen molar-refractivity contribution >= 4 is 21.2 Å². The number of sulfone groups is 1. The predicted molar refractivity (Wildman–Crippen MR) is 96.7 cm³/mol. The van der Waals surface area contributed by atoms with Crippen molar-refractivity contribution < 1.29 is 13.3 Å². The number of nitrogens with zero attached hydrogens (tertiary/aromatic N) is 2. The number of hydrogen-bond acceptors (Lipinski definition) is 5. The van der Waals surface area contributed by atoms with Crippen LogP contribution in [0.4, 0.5) is 11.4 Å². The molecule has 0 unspecified atom stereocenters. The van der Waals surface area contributed by atoms with Gasteiger partial charge in [0.2, 0.25) is 0 Å². The molecule has 25 heavy (non-hydrogen) atoms. The summed E-state index contributed by atoms with van der Waals surface area (Å²) < 4.78 is 23.4. The molecule has 3 rings (SSSR count). The highest BCUT2D eigenvalue weighted by molar-refractivity contribution is 7.90. The number of nitro benzene ring substituents is 1. The van der Waals surface area contributed by atoms with Gasteiger partial charge in [-0.1, -0.05) is 24.3 Å². The van der Waals surface area contributed by atoms with Crippen LogP contribution in [0.25, 0.3) is 0 Å². The van der Waals surface area contributed by atoms with Gasteiger partial charge < -0.3 is 4.90 Å². The minimum Gasteiger partial charge on any atom is -0.362 e. The Morgan fingerprint density at radius 3 is 2.60 bits per heavy atom. The number of rotatable bonds is 4. The Hall–Kier alpha value is -2.41. The van der Waals surface area contributed by atoms with E-state index in [0.717, 1.165) is 31.6 Å². The molecule has 0 amide bonds. The molecule has 0 radical (unpaired) electrons. The lowest BCUT2D eigenvalue weighted by molar-refractivity contribution is -0.384. The minimum absolute atomic E-state index is 0.0349. The van der Waals surface area contributed by atoms with Crippen molar-refractivity contribution in [2.24, 2.45) is 0 Å². The quantitative estimate of drug-likeness (QED) is 0.616. The molecule has 1 aliphatic carbocycles. The maximum Gasteiger partial charge on any atom is 0.293 e. The fourth-order valence-corrected chi connectivity index (χ4v) is 4.12. The van der Waals surface area contributed by atoms with Crippen molar-refractivity contribution in [1.29, 1.82) is 0 Å². The van der Waals surface area contributed by atoms with Gasteiger partial charge in [-0.05, 0) is 42.5 Å². The van der Waals surface area contributed by atoms with Crippen molar-refractivity contribution in [2.45, 2.75) is 30.2 Å². The van der Waals surface area contributed by atoms with E-state index in [1.54, 1.807) is 0 Å². The van der Waals surface area contributed by atoms with Crippen LogP contribution >= 0.6 is 0 Å². The Morgan fingerprint density at radius 1 is 1.20 bits per heavy atom. The molecule has 0 bridgehead atoms. The first-order valence-electron chi connectivity index (χ1n) is 8.08. The largest absolute Gasteiger partial charge is 0.362 e. The molecular formula is C18H20N2O4S. The lowest BCUT2D eigenvalue weighted by Gasteiger charge is -2.34. The molecule has 7 heteroatoms. The van der Waals surface area contributed by atoms with E-state index in [4.69, 9.17) is 0 Å². The molecule has 0 heterocycles. The van der Waals surface area contributed by atoms with Gasteiger partial charge in [0.05, 0.1) is 15.9 Å². The number of aryl methyl sites for hydroxylation is 1. The number of anilines is 1. The highest BCUT2D eigenvalue weighted by Gasteiger charge is 2.28. The van der Waals surface area contributed by atoms with E-state index in [2.05, 4.69) is 12.1 Å². The summed E-state index contributed by atoms with van der Waals surface area (Å²) in [5, 5.41) is 11.5. The Kier molecular flexibility index (Phi) is 4.51. The standard InChI is InChI=1S/C18H20N2O4S/c1-19(16-9-5-7-13-6-3-4-8-15(13)16)17-11-10-14(25(2,23)24)12-18(17)20(21)22/h3-4,6,8,10-12,16H,5,7,9H2,1-2H3/t16-/m0/s1. The van der Waals surface area contributed by atoms with Gasteiger partial charge in [0.1, 0.15) is 5.69 Å². The first-order chi connectivity index (χ1) is 11.8. The highest BCUT2D eigenvalue weighted by Crippen LogP contribution is 2.39. The molecular weight excluding hydrogens is 340 g/mol. The Labute approximate surface area is 147 Å². The first kappa shape index (κ1) is 17.4. The number of hydrogen-bond donors (Lipinski definition) is 0. The van der Waals surface area contributed by atoms with Gasteiger partial charge in [-0.15, -0.1) is 0 Å². The normalized spacial score (nSPS) is 17.0. The number of benzene rings is 2. The van der Waals surface area contributed by atoms with E-state index in [1.165, 1.54) is 23.3 Å². The van der Waals surface area contributed by atoms with Crippen LogP contribution in [0.15, 0.2) is 47.4 Å². The molecule has 0 aliphatic heterocycles. The van der Waals surface area contributed by atoms with Crippen molar-refractivity contribution in [3.63, 3.8) is 0 Å². The molecule has 132 valence electrons. The molecule has 2 aromatic carbocycles. The fraction of sp³-hybridized carbons (Fsp3) is 0.333. The van der Waals surface area contributed by atoms with E-state index in [0.29, 0.717) is 5.69 Å². The summed E-state index contributed by atoms with van der Waals surface area (Å²) in [6, 6.07) is 12.3.